The molecule has 0 saturated heterocycles. The van der Waals surface area contributed by atoms with Crippen molar-refractivity contribution in [3.05, 3.63) is 34.9 Å². The summed E-state index contributed by atoms with van der Waals surface area (Å²) < 4.78 is 0. The van der Waals surface area contributed by atoms with Crippen LogP contribution in [-0.4, -0.2) is 17.3 Å². The second kappa shape index (κ2) is 3.95. The van der Waals surface area contributed by atoms with Gasteiger partial charge in [0.25, 0.3) is 0 Å². The molecular formula is C13H19NO. The highest BCUT2D eigenvalue weighted by Gasteiger charge is 2.15. The predicted molar refractivity (Wildman–Crippen MR) is 61.9 cm³/mol. The Balaban J connectivity index is 2.21. The highest BCUT2D eigenvalue weighted by atomic mass is 16.3. The fourth-order valence-corrected chi connectivity index (χ4v) is 2.14. The van der Waals surface area contributed by atoms with E-state index in [2.05, 4.69) is 23.5 Å². The number of rotatable bonds is 2. The smallest absolute Gasteiger partial charge is 0.0631 e. The van der Waals surface area contributed by atoms with Crippen molar-refractivity contribution in [1.29, 1.82) is 0 Å². The van der Waals surface area contributed by atoms with Crippen molar-refractivity contribution in [2.75, 3.05) is 6.54 Å². The van der Waals surface area contributed by atoms with Crippen LogP contribution in [0.3, 0.4) is 0 Å². The average Bonchev–Trinajstić information content (AvgIpc) is 2.15. The van der Waals surface area contributed by atoms with Crippen molar-refractivity contribution in [3.8, 4) is 0 Å². The number of benzene rings is 1. The summed E-state index contributed by atoms with van der Waals surface area (Å²) in [6, 6.07) is 6.57. The van der Waals surface area contributed by atoms with E-state index in [1.165, 1.54) is 16.7 Å². The Morgan fingerprint density at radius 3 is 2.87 bits per heavy atom. The first-order chi connectivity index (χ1) is 7.04. The van der Waals surface area contributed by atoms with Gasteiger partial charge in [-0.15, -0.1) is 0 Å². The monoisotopic (exact) mass is 205 g/mol. The van der Waals surface area contributed by atoms with Crippen LogP contribution in [0.4, 0.5) is 0 Å². The summed E-state index contributed by atoms with van der Waals surface area (Å²) in [6.07, 6.45) is 1.85. The first-order valence-corrected chi connectivity index (χ1v) is 5.58. The summed E-state index contributed by atoms with van der Waals surface area (Å²) in [4.78, 5) is 0. The van der Waals surface area contributed by atoms with Crippen molar-refractivity contribution < 1.29 is 5.11 Å². The maximum Gasteiger partial charge on any atom is 0.0631 e. The summed E-state index contributed by atoms with van der Waals surface area (Å²) in [5.74, 6) is 0. The van der Waals surface area contributed by atoms with Crippen LogP contribution in [0.25, 0.3) is 0 Å². The molecule has 2 nitrogen and oxygen atoms in total. The van der Waals surface area contributed by atoms with Crippen molar-refractivity contribution >= 4 is 0 Å². The molecule has 0 aliphatic carbocycles. The van der Waals surface area contributed by atoms with Gasteiger partial charge in [-0.2, -0.15) is 0 Å². The molecule has 2 rings (SSSR count). The van der Waals surface area contributed by atoms with Crippen LogP contribution in [0.1, 0.15) is 30.5 Å². The van der Waals surface area contributed by atoms with E-state index in [4.69, 9.17) is 0 Å². The molecule has 0 atom stereocenters. The van der Waals surface area contributed by atoms with Crippen LogP contribution in [0.5, 0.6) is 0 Å². The SMILES string of the molecule is CC(C)(O)Cc1ccc2c(c1)CNCC2. The van der Waals surface area contributed by atoms with E-state index in [-0.39, 0.29) is 0 Å². The lowest BCUT2D eigenvalue weighted by Gasteiger charge is -2.21. The van der Waals surface area contributed by atoms with E-state index in [1.54, 1.807) is 0 Å². The topological polar surface area (TPSA) is 32.3 Å². The van der Waals surface area contributed by atoms with Gasteiger partial charge in [0.05, 0.1) is 5.60 Å². The molecule has 0 amide bonds. The Kier molecular flexibility index (Phi) is 2.81. The molecule has 1 aromatic carbocycles. The fraction of sp³-hybridized carbons (Fsp3) is 0.538. The molecule has 0 radical (unpaired) electrons. The average molecular weight is 205 g/mol. The molecular weight excluding hydrogens is 186 g/mol. The molecule has 0 unspecified atom stereocenters. The first-order valence-electron chi connectivity index (χ1n) is 5.58. The Morgan fingerprint density at radius 2 is 2.13 bits per heavy atom. The molecule has 1 heterocycles. The summed E-state index contributed by atoms with van der Waals surface area (Å²) in [5.41, 5.74) is 3.46. The number of hydrogen-bond donors (Lipinski definition) is 2. The largest absolute Gasteiger partial charge is 0.390 e. The van der Waals surface area contributed by atoms with Gasteiger partial charge in [-0.1, -0.05) is 18.2 Å². The van der Waals surface area contributed by atoms with Crippen LogP contribution in [-0.2, 0) is 19.4 Å². The third-order valence-corrected chi connectivity index (χ3v) is 2.79. The molecule has 82 valence electrons. The van der Waals surface area contributed by atoms with Gasteiger partial charge in [-0.05, 0) is 43.5 Å². The van der Waals surface area contributed by atoms with Crippen LogP contribution < -0.4 is 5.32 Å². The van der Waals surface area contributed by atoms with Gasteiger partial charge in [0, 0.05) is 13.0 Å². The Bertz CT molecular complexity index is 352. The number of aliphatic hydroxyl groups is 1. The molecule has 0 fully saturated rings. The van der Waals surface area contributed by atoms with E-state index in [0.29, 0.717) is 0 Å². The quantitative estimate of drug-likeness (QED) is 0.769. The van der Waals surface area contributed by atoms with Crippen LogP contribution in [0.2, 0.25) is 0 Å². The van der Waals surface area contributed by atoms with Gasteiger partial charge < -0.3 is 10.4 Å². The van der Waals surface area contributed by atoms with E-state index in [0.717, 1.165) is 25.9 Å². The maximum atomic E-state index is 9.76. The molecule has 0 saturated carbocycles. The molecule has 1 aromatic rings. The second-order valence-corrected chi connectivity index (χ2v) is 5.02. The highest BCUT2D eigenvalue weighted by Crippen LogP contribution is 2.19. The van der Waals surface area contributed by atoms with E-state index in [1.807, 2.05) is 13.8 Å². The Hall–Kier alpha value is -0.860. The van der Waals surface area contributed by atoms with E-state index < -0.39 is 5.60 Å². The second-order valence-electron chi connectivity index (χ2n) is 5.02. The summed E-state index contributed by atoms with van der Waals surface area (Å²) in [6.45, 7) is 5.75. The third kappa shape index (κ3) is 2.80. The molecule has 0 bridgehead atoms. The van der Waals surface area contributed by atoms with Crippen molar-refractivity contribution in [2.24, 2.45) is 0 Å². The summed E-state index contributed by atoms with van der Waals surface area (Å²) in [7, 11) is 0. The minimum absolute atomic E-state index is 0.615. The minimum atomic E-state index is -0.615. The van der Waals surface area contributed by atoms with Crippen LogP contribution >= 0.6 is 0 Å². The fourth-order valence-electron chi connectivity index (χ4n) is 2.14. The Morgan fingerprint density at radius 1 is 1.33 bits per heavy atom. The zero-order valence-electron chi connectivity index (χ0n) is 9.51. The number of hydrogen-bond acceptors (Lipinski definition) is 2. The number of nitrogens with one attached hydrogen (secondary N) is 1. The lowest BCUT2D eigenvalue weighted by atomic mass is 9.93. The van der Waals surface area contributed by atoms with Crippen molar-refractivity contribution in [1.82, 2.24) is 5.32 Å². The minimum Gasteiger partial charge on any atom is -0.390 e. The summed E-state index contributed by atoms with van der Waals surface area (Å²) in [5, 5.41) is 13.1. The third-order valence-electron chi connectivity index (χ3n) is 2.79. The van der Waals surface area contributed by atoms with E-state index in [9.17, 15) is 5.11 Å². The van der Waals surface area contributed by atoms with Crippen LogP contribution in [0.15, 0.2) is 18.2 Å². The molecule has 1 aliphatic rings. The van der Waals surface area contributed by atoms with Gasteiger partial charge in [0.2, 0.25) is 0 Å². The van der Waals surface area contributed by atoms with Crippen LogP contribution in [0, 0.1) is 0 Å². The molecule has 2 heteroatoms. The normalized spacial score (nSPS) is 16.2. The van der Waals surface area contributed by atoms with Gasteiger partial charge >= 0.3 is 0 Å². The Labute approximate surface area is 91.3 Å². The summed E-state index contributed by atoms with van der Waals surface area (Å²) >= 11 is 0. The molecule has 15 heavy (non-hydrogen) atoms. The number of fused-ring (bicyclic) bond motifs is 1. The molecule has 2 N–H and O–H groups in total. The van der Waals surface area contributed by atoms with Gasteiger partial charge in [0.1, 0.15) is 0 Å². The van der Waals surface area contributed by atoms with Crippen molar-refractivity contribution in [2.45, 2.75) is 38.8 Å². The highest BCUT2D eigenvalue weighted by molar-refractivity contribution is 5.34. The lowest BCUT2D eigenvalue weighted by Crippen LogP contribution is -2.25. The lowest BCUT2D eigenvalue weighted by molar-refractivity contribution is 0.0810. The molecule has 0 aromatic heterocycles. The van der Waals surface area contributed by atoms with Gasteiger partial charge in [-0.3, -0.25) is 0 Å². The zero-order valence-corrected chi connectivity index (χ0v) is 9.51. The first kappa shape index (κ1) is 10.7. The standard InChI is InChI=1S/C13H19NO/c1-13(2,15)8-10-3-4-11-5-6-14-9-12(11)7-10/h3-4,7,14-15H,5-6,8-9H2,1-2H3. The van der Waals surface area contributed by atoms with E-state index >= 15 is 0 Å². The van der Waals surface area contributed by atoms with Gasteiger partial charge in [0.15, 0.2) is 0 Å². The molecule has 1 aliphatic heterocycles. The zero-order chi connectivity index (χ0) is 10.9. The maximum absolute atomic E-state index is 9.76. The van der Waals surface area contributed by atoms with Gasteiger partial charge in [-0.25, -0.2) is 0 Å². The van der Waals surface area contributed by atoms with Crippen molar-refractivity contribution in [3.63, 3.8) is 0 Å². The predicted octanol–water partition coefficient (Wildman–Crippen LogP) is 1.65. The molecule has 0 spiro atoms.